The van der Waals surface area contributed by atoms with Crippen LogP contribution in [0.3, 0.4) is 0 Å². The lowest BCUT2D eigenvalue weighted by Gasteiger charge is -2.25. The van der Waals surface area contributed by atoms with Crippen LogP contribution in [-0.2, 0) is 6.54 Å². The Hall–Kier alpha value is -3.14. The Labute approximate surface area is 153 Å². The van der Waals surface area contributed by atoms with Crippen LogP contribution in [0.4, 0.5) is 11.4 Å². The van der Waals surface area contributed by atoms with Crippen molar-refractivity contribution in [1.29, 1.82) is 0 Å². The summed E-state index contributed by atoms with van der Waals surface area (Å²) in [5.41, 5.74) is 3.73. The van der Waals surface area contributed by atoms with Gasteiger partial charge in [-0.15, -0.1) is 0 Å². The van der Waals surface area contributed by atoms with Gasteiger partial charge in [-0.3, -0.25) is 4.79 Å². The molecule has 4 rings (SSSR count). The predicted molar refractivity (Wildman–Crippen MR) is 103 cm³/mol. The highest BCUT2D eigenvalue weighted by molar-refractivity contribution is 5.92. The number of anilines is 2. The Bertz CT molecular complexity index is 859. The lowest BCUT2D eigenvalue weighted by atomic mass is 10.1. The molecule has 3 aromatic rings. The standard InChI is InChI=1S/C22H21N3O/c26-22(24-18-11-12-18)21-14-13-20(15-23-21)25(19-9-5-2-6-10-19)16-17-7-3-1-4-8-17/h1-10,13-15,18H,11-12,16H2,(H,24,26). The van der Waals surface area contributed by atoms with Crippen molar-refractivity contribution in [2.24, 2.45) is 0 Å². The number of carbonyl (C=O) groups is 1. The van der Waals surface area contributed by atoms with Gasteiger partial charge >= 0.3 is 0 Å². The maximum atomic E-state index is 12.2. The van der Waals surface area contributed by atoms with Crippen molar-refractivity contribution in [2.45, 2.75) is 25.4 Å². The van der Waals surface area contributed by atoms with Gasteiger partial charge in [0, 0.05) is 18.3 Å². The highest BCUT2D eigenvalue weighted by Gasteiger charge is 2.24. The van der Waals surface area contributed by atoms with E-state index in [4.69, 9.17) is 0 Å². The van der Waals surface area contributed by atoms with E-state index in [1.807, 2.05) is 42.5 Å². The molecule has 1 fully saturated rings. The summed E-state index contributed by atoms with van der Waals surface area (Å²) in [6, 6.07) is 24.6. The number of nitrogens with one attached hydrogen (secondary N) is 1. The summed E-state index contributed by atoms with van der Waals surface area (Å²) in [6.07, 6.45) is 3.92. The number of pyridine rings is 1. The Morgan fingerprint density at radius 2 is 1.62 bits per heavy atom. The second-order valence-electron chi connectivity index (χ2n) is 6.56. The molecule has 4 heteroatoms. The topological polar surface area (TPSA) is 45.2 Å². The highest BCUT2D eigenvalue weighted by atomic mass is 16.2. The Kier molecular flexibility index (Phi) is 4.65. The second-order valence-corrected chi connectivity index (χ2v) is 6.56. The monoisotopic (exact) mass is 343 g/mol. The van der Waals surface area contributed by atoms with Crippen LogP contribution in [-0.4, -0.2) is 16.9 Å². The van der Waals surface area contributed by atoms with Gasteiger partial charge in [0.25, 0.3) is 5.91 Å². The quantitative estimate of drug-likeness (QED) is 0.725. The van der Waals surface area contributed by atoms with Crippen LogP contribution in [0.5, 0.6) is 0 Å². The number of para-hydroxylation sites is 1. The van der Waals surface area contributed by atoms with E-state index in [1.165, 1.54) is 5.56 Å². The molecule has 4 nitrogen and oxygen atoms in total. The maximum absolute atomic E-state index is 12.2. The molecule has 1 aliphatic rings. The average molecular weight is 343 g/mol. The molecule has 0 bridgehead atoms. The summed E-state index contributed by atoms with van der Waals surface area (Å²) in [4.78, 5) is 18.7. The van der Waals surface area contributed by atoms with Gasteiger partial charge in [-0.25, -0.2) is 4.98 Å². The van der Waals surface area contributed by atoms with Crippen molar-refractivity contribution >= 4 is 17.3 Å². The molecule has 0 spiro atoms. The van der Waals surface area contributed by atoms with Crippen molar-refractivity contribution in [3.63, 3.8) is 0 Å². The van der Waals surface area contributed by atoms with Crippen LogP contribution in [0.1, 0.15) is 28.9 Å². The number of hydrogen-bond donors (Lipinski definition) is 1. The molecule has 0 aliphatic heterocycles. The summed E-state index contributed by atoms with van der Waals surface area (Å²) < 4.78 is 0. The van der Waals surface area contributed by atoms with Gasteiger partial charge in [0.05, 0.1) is 11.9 Å². The average Bonchev–Trinajstić information content (AvgIpc) is 3.52. The minimum absolute atomic E-state index is 0.0895. The first kappa shape index (κ1) is 16.3. The molecule has 1 aromatic heterocycles. The first-order valence-electron chi connectivity index (χ1n) is 8.93. The van der Waals surface area contributed by atoms with Crippen molar-refractivity contribution in [1.82, 2.24) is 10.3 Å². The molecule has 26 heavy (non-hydrogen) atoms. The maximum Gasteiger partial charge on any atom is 0.270 e. The number of carbonyl (C=O) groups excluding carboxylic acids is 1. The molecule has 1 N–H and O–H groups in total. The van der Waals surface area contributed by atoms with Gasteiger partial charge in [-0.1, -0.05) is 48.5 Å². The lowest BCUT2D eigenvalue weighted by Crippen LogP contribution is -2.26. The van der Waals surface area contributed by atoms with Crippen molar-refractivity contribution in [3.05, 3.63) is 90.3 Å². The third-order valence-electron chi connectivity index (χ3n) is 4.46. The summed E-state index contributed by atoms with van der Waals surface area (Å²) in [6.45, 7) is 0.736. The molecular weight excluding hydrogens is 322 g/mol. The van der Waals surface area contributed by atoms with Crippen molar-refractivity contribution < 1.29 is 4.79 Å². The Morgan fingerprint density at radius 3 is 2.23 bits per heavy atom. The van der Waals surface area contributed by atoms with Crippen molar-refractivity contribution in [3.8, 4) is 0 Å². The van der Waals surface area contributed by atoms with Crippen LogP contribution in [0.2, 0.25) is 0 Å². The molecule has 0 atom stereocenters. The van der Waals surface area contributed by atoms with Gasteiger partial charge in [0.15, 0.2) is 0 Å². The molecule has 0 saturated heterocycles. The molecule has 0 unspecified atom stereocenters. The van der Waals surface area contributed by atoms with Crippen LogP contribution in [0, 0.1) is 0 Å². The summed E-state index contributed by atoms with van der Waals surface area (Å²) in [7, 11) is 0. The fourth-order valence-electron chi connectivity index (χ4n) is 2.87. The molecule has 0 radical (unpaired) electrons. The molecule has 2 aromatic carbocycles. The predicted octanol–water partition coefficient (Wildman–Crippen LogP) is 4.31. The molecule has 1 heterocycles. The van der Waals surface area contributed by atoms with E-state index in [9.17, 15) is 4.79 Å². The molecule has 1 saturated carbocycles. The summed E-state index contributed by atoms with van der Waals surface area (Å²) in [5.74, 6) is -0.0895. The van der Waals surface area contributed by atoms with Gasteiger partial charge in [0.2, 0.25) is 0 Å². The van der Waals surface area contributed by atoms with E-state index in [0.717, 1.165) is 30.8 Å². The van der Waals surface area contributed by atoms with Crippen molar-refractivity contribution in [2.75, 3.05) is 4.90 Å². The zero-order chi connectivity index (χ0) is 17.8. The largest absolute Gasteiger partial charge is 0.348 e. The fraction of sp³-hybridized carbons (Fsp3) is 0.182. The first-order valence-corrected chi connectivity index (χ1v) is 8.93. The van der Waals surface area contributed by atoms with Gasteiger partial charge in [-0.2, -0.15) is 0 Å². The Morgan fingerprint density at radius 1 is 0.923 bits per heavy atom. The molecule has 130 valence electrons. The number of hydrogen-bond acceptors (Lipinski definition) is 3. The smallest absolute Gasteiger partial charge is 0.270 e. The lowest BCUT2D eigenvalue weighted by molar-refractivity contribution is 0.0946. The van der Waals surface area contributed by atoms with Crippen LogP contribution < -0.4 is 10.2 Å². The van der Waals surface area contributed by atoms with E-state index < -0.39 is 0 Å². The molecule has 1 amide bonds. The molecular formula is C22H21N3O. The minimum Gasteiger partial charge on any atom is -0.348 e. The zero-order valence-corrected chi connectivity index (χ0v) is 14.5. The van der Waals surface area contributed by atoms with E-state index in [-0.39, 0.29) is 5.91 Å². The highest BCUT2D eigenvalue weighted by Crippen LogP contribution is 2.27. The minimum atomic E-state index is -0.0895. The second kappa shape index (κ2) is 7.40. The summed E-state index contributed by atoms with van der Waals surface area (Å²) in [5, 5.41) is 2.98. The number of rotatable bonds is 6. The van der Waals surface area contributed by atoms with Crippen LogP contribution in [0.25, 0.3) is 0 Å². The number of aromatic nitrogens is 1. The molecule has 1 aliphatic carbocycles. The van der Waals surface area contributed by atoms with Gasteiger partial charge in [-0.05, 0) is 42.7 Å². The van der Waals surface area contributed by atoms with Gasteiger partial charge < -0.3 is 10.2 Å². The van der Waals surface area contributed by atoms with E-state index in [2.05, 4.69) is 39.5 Å². The first-order chi connectivity index (χ1) is 12.8. The number of benzene rings is 2. The van der Waals surface area contributed by atoms with Gasteiger partial charge in [0.1, 0.15) is 5.69 Å². The number of amides is 1. The number of nitrogens with zero attached hydrogens (tertiary/aromatic N) is 2. The SMILES string of the molecule is O=C(NC1CC1)c1ccc(N(Cc2ccccc2)c2ccccc2)cn1. The fourth-order valence-corrected chi connectivity index (χ4v) is 2.87. The van der Waals surface area contributed by atoms with E-state index in [1.54, 1.807) is 12.3 Å². The summed E-state index contributed by atoms with van der Waals surface area (Å²) >= 11 is 0. The third-order valence-corrected chi connectivity index (χ3v) is 4.46. The third kappa shape index (κ3) is 3.91. The van der Waals surface area contributed by atoms with E-state index in [0.29, 0.717) is 11.7 Å². The van der Waals surface area contributed by atoms with Crippen LogP contribution >= 0.6 is 0 Å². The normalized spacial score (nSPS) is 13.2. The van der Waals surface area contributed by atoms with E-state index >= 15 is 0 Å². The Balaban J connectivity index is 1.59. The van der Waals surface area contributed by atoms with Crippen LogP contribution in [0.15, 0.2) is 79.0 Å². The zero-order valence-electron chi connectivity index (χ0n) is 14.5.